The smallest absolute Gasteiger partial charge is 0.351 e. The number of alkyl halides is 1. The number of hydrogen-bond donors (Lipinski definition) is 1. The Kier molecular flexibility index (Phi) is 4.96. The fourth-order valence-corrected chi connectivity index (χ4v) is 3.41. The van der Waals surface area contributed by atoms with Crippen molar-refractivity contribution in [2.75, 3.05) is 18.8 Å². The van der Waals surface area contributed by atoms with E-state index in [4.69, 9.17) is 10.5 Å². The van der Waals surface area contributed by atoms with Gasteiger partial charge in [0, 0.05) is 18.7 Å². The minimum absolute atomic E-state index is 0.0442. The zero-order chi connectivity index (χ0) is 17.3. The number of nitrogens with zero attached hydrogens (tertiary/aromatic N) is 3. The van der Waals surface area contributed by atoms with Crippen LogP contribution in [0.4, 0.5) is 10.2 Å². The monoisotopic (exact) mass is 338 g/mol. The van der Waals surface area contributed by atoms with E-state index in [1.807, 2.05) is 0 Å². The maximum Gasteiger partial charge on any atom is 0.351 e. The molecule has 2 saturated heterocycles. The minimum Gasteiger partial charge on any atom is -0.383 e. The Morgan fingerprint density at radius 1 is 1.50 bits per heavy atom. The third-order valence-electron chi connectivity index (χ3n) is 4.84. The predicted molar refractivity (Wildman–Crippen MR) is 86.2 cm³/mol. The van der Waals surface area contributed by atoms with Crippen LogP contribution < -0.4 is 11.4 Å². The average molecular weight is 338 g/mol. The molecule has 2 aliphatic rings. The van der Waals surface area contributed by atoms with Gasteiger partial charge in [0.2, 0.25) is 0 Å². The van der Waals surface area contributed by atoms with Gasteiger partial charge in [0.1, 0.15) is 18.2 Å². The van der Waals surface area contributed by atoms with Crippen molar-refractivity contribution in [3.05, 3.63) is 22.7 Å². The Morgan fingerprint density at radius 2 is 2.29 bits per heavy atom. The zero-order valence-electron chi connectivity index (χ0n) is 13.7. The highest BCUT2D eigenvalue weighted by atomic mass is 19.1. The number of nitrogens with two attached hydrogens (primary N) is 1. The third-order valence-corrected chi connectivity index (χ3v) is 4.84. The second-order valence-corrected chi connectivity index (χ2v) is 6.59. The van der Waals surface area contributed by atoms with Gasteiger partial charge < -0.3 is 10.5 Å². The summed E-state index contributed by atoms with van der Waals surface area (Å²) in [6.45, 7) is 3.12. The number of anilines is 1. The van der Waals surface area contributed by atoms with E-state index in [0.717, 1.165) is 25.8 Å². The average Bonchev–Trinajstić information content (AvgIpc) is 2.91. The van der Waals surface area contributed by atoms with Gasteiger partial charge in [-0.25, -0.2) is 9.18 Å². The molecule has 1 aromatic rings. The molecule has 1 unspecified atom stereocenters. The van der Waals surface area contributed by atoms with E-state index in [9.17, 15) is 14.0 Å². The maximum atomic E-state index is 14.3. The van der Waals surface area contributed by atoms with Crippen molar-refractivity contribution in [3.8, 4) is 0 Å². The second-order valence-electron chi connectivity index (χ2n) is 6.59. The van der Waals surface area contributed by atoms with E-state index in [2.05, 4.69) is 16.8 Å². The lowest BCUT2D eigenvalue weighted by Gasteiger charge is -2.33. The summed E-state index contributed by atoms with van der Waals surface area (Å²) in [6, 6.07) is 1.77. The lowest BCUT2D eigenvalue weighted by atomic mass is 10.0. The highest BCUT2D eigenvalue weighted by molar-refractivity contribution is 5.86. The molecule has 2 N–H and O–H groups in total. The molecule has 0 aliphatic carbocycles. The predicted octanol–water partition coefficient (Wildman–Crippen LogP) is 0.895. The van der Waals surface area contributed by atoms with Crippen molar-refractivity contribution in [3.63, 3.8) is 0 Å². The summed E-state index contributed by atoms with van der Waals surface area (Å²) in [5, 5.41) is 0. The number of piperidine rings is 1. The van der Waals surface area contributed by atoms with E-state index in [-0.39, 0.29) is 24.6 Å². The highest BCUT2D eigenvalue weighted by Crippen LogP contribution is 2.31. The van der Waals surface area contributed by atoms with Crippen LogP contribution in [0.5, 0.6) is 0 Å². The molecule has 8 heteroatoms. The van der Waals surface area contributed by atoms with Gasteiger partial charge in [-0.05, 0) is 32.4 Å². The molecule has 2 fully saturated rings. The van der Waals surface area contributed by atoms with Gasteiger partial charge >= 0.3 is 5.69 Å². The van der Waals surface area contributed by atoms with Gasteiger partial charge in [-0.1, -0.05) is 6.42 Å². The maximum absolute atomic E-state index is 14.3. The molecule has 7 nitrogen and oxygen atoms in total. The summed E-state index contributed by atoms with van der Waals surface area (Å²) >= 11 is 0. The molecule has 0 saturated carbocycles. The van der Waals surface area contributed by atoms with Gasteiger partial charge in [-0.15, -0.1) is 0 Å². The summed E-state index contributed by atoms with van der Waals surface area (Å²) in [7, 11) is 0. The SMILES string of the molecule is CC1CCCCN1CC(=O)[C@H]1O[C@@H](n2ccc(N)nc2=O)C[C@@H]1F. The van der Waals surface area contributed by atoms with Gasteiger partial charge in [-0.3, -0.25) is 14.3 Å². The molecule has 0 aromatic carbocycles. The minimum atomic E-state index is -1.42. The lowest BCUT2D eigenvalue weighted by Crippen LogP contribution is -2.44. The molecular weight excluding hydrogens is 315 g/mol. The van der Waals surface area contributed by atoms with Crippen LogP contribution in [0.3, 0.4) is 0 Å². The van der Waals surface area contributed by atoms with Gasteiger partial charge in [0.05, 0.1) is 6.54 Å². The van der Waals surface area contributed by atoms with E-state index in [1.54, 1.807) is 0 Å². The number of rotatable bonds is 4. The van der Waals surface area contributed by atoms with Crippen molar-refractivity contribution in [2.24, 2.45) is 0 Å². The number of likely N-dealkylation sites (tertiary alicyclic amines) is 1. The fraction of sp³-hybridized carbons (Fsp3) is 0.688. The van der Waals surface area contributed by atoms with E-state index in [1.165, 1.54) is 16.8 Å². The van der Waals surface area contributed by atoms with Crippen LogP contribution in [0.2, 0.25) is 0 Å². The number of carbonyl (C=O) groups excluding carboxylic acids is 1. The van der Waals surface area contributed by atoms with Crippen molar-refractivity contribution in [1.82, 2.24) is 14.5 Å². The van der Waals surface area contributed by atoms with Crippen LogP contribution in [-0.4, -0.2) is 51.6 Å². The van der Waals surface area contributed by atoms with E-state index < -0.39 is 24.2 Å². The number of Topliss-reactive ketones (excluding diaryl/α,β-unsaturated/α-hetero) is 1. The van der Waals surface area contributed by atoms with Gasteiger partial charge in [-0.2, -0.15) is 4.98 Å². The third kappa shape index (κ3) is 3.49. The Bertz CT molecular complexity index is 665. The summed E-state index contributed by atoms with van der Waals surface area (Å²) in [5.41, 5.74) is 4.84. The first kappa shape index (κ1) is 17.0. The molecular formula is C16H23FN4O3. The summed E-state index contributed by atoms with van der Waals surface area (Å²) < 4.78 is 21.0. The molecule has 1 aromatic heterocycles. The van der Waals surface area contributed by atoms with Crippen LogP contribution in [-0.2, 0) is 9.53 Å². The topological polar surface area (TPSA) is 90.4 Å². The standard InChI is InChI=1S/C16H23FN4O3/c1-10-4-2-3-6-20(10)9-12(22)15-11(17)8-14(24-15)21-7-5-13(18)19-16(21)23/h5,7,10-11,14-15H,2-4,6,8-9H2,1H3,(H2,18,19,23)/t10?,11-,14+,15-/m0/s1. The first-order valence-electron chi connectivity index (χ1n) is 8.36. The molecule has 132 valence electrons. The van der Waals surface area contributed by atoms with Gasteiger partial charge in [0.25, 0.3) is 0 Å². The van der Waals surface area contributed by atoms with Crippen LogP contribution in [0, 0.1) is 0 Å². The number of halogens is 1. The molecule has 4 atom stereocenters. The summed E-state index contributed by atoms with van der Waals surface area (Å²) in [4.78, 5) is 30.0. The molecule has 0 bridgehead atoms. The van der Waals surface area contributed by atoms with E-state index in [0.29, 0.717) is 6.04 Å². The number of ketones is 1. The number of aromatic nitrogens is 2. The number of nitrogen functional groups attached to an aromatic ring is 1. The fourth-order valence-electron chi connectivity index (χ4n) is 3.41. The zero-order valence-corrected chi connectivity index (χ0v) is 13.7. The summed E-state index contributed by atoms with van der Waals surface area (Å²) in [6.07, 6.45) is 1.25. The lowest BCUT2D eigenvalue weighted by molar-refractivity contribution is -0.136. The van der Waals surface area contributed by atoms with Crippen LogP contribution in [0.15, 0.2) is 17.1 Å². The Morgan fingerprint density at radius 3 is 3.00 bits per heavy atom. The van der Waals surface area contributed by atoms with Crippen molar-refractivity contribution >= 4 is 11.6 Å². The number of ether oxygens (including phenoxy) is 1. The second kappa shape index (κ2) is 6.98. The molecule has 24 heavy (non-hydrogen) atoms. The van der Waals surface area contributed by atoms with E-state index >= 15 is 0 Å². The van der Waals surface area contributed by atoms with Crippen LogP contribution >= 0.6 is 0 Å². The number of carbonyl (C=O) groups is 1. The van der Waals surface area contributed by atoms with Crippen LogP contribution in [0.1, 0.15) is 38.8 Å². The molecule has 0 spiro atoms. The molecule has 2 aliphatic heterocycles. The van der Waals surface area contributed by atoms with Crippen molar-refractivity contribution in [2.45, 2.75) is 57.2 Å². The summed E-state index contributed by atoms with van der Waals surface area (Å²) in [5.74, 6) is -0.173. The molecule has 0 radical (unpaired) electrons. The first-order chi connectivity index (χ1) is 11.5. The normalized spacial score (nSPS) is 31.2. The quantitative estimate of drug-likeness (QED) is 0.877. The van der Waals surface area contributed by atoms with Crippen molar-refractivity contribution in [1.29, 1.82) is 0 Å². The Labute approximate surface area is 139 Å². The largest absolute Gasteiger partial charge is 0.383 e. The Balaban J connectivity index is 1.66. The molecule has 3 rings (SSSR count). The molecule has 3 heterocycles. The van der Waals surface area contributed by atoms with Gasteiger partial charge in [0.15, 0.2) is 11.9 Å². The number of hydrogen-bond acceptors (Lipinski definition) is 6. The molecule has 0 amide bonds. The van der Waals surface area contributed by atoms with Crippen LogP contribution in [0.25, 0.3) is 0 Å². The highest BCUT2D eigenvalue weighted by Gasteiger charge is 2.41. The first-order valence-corrected chi connectivity index (χ1v) is 8.36. The Hall–Kier alpha value is -1.80. The van der Waals surface area contributed by atoms with Crippen molar-refractivity contribution < 1.29 is 13.9 Å².